The van der Waals surface area contributed by atoms with E-state index in [-0.39, 0.29) is 17.7 Å². The summed E-state index contributed by atoms with van der Waals surface area (Å²) in [6.45, 7) is 1.50. The summed E-state index contributed by atoms with van der Waals surface area (Å²) < 4.78 is 12.8. The molecule has 2 atom stereocenters. The number of Topliss-reactive ketones (excluding diaryl/α,β-unsaturated/α-hetero) is 1. The number of benzene rings is 1. The summed E-state index contributed by atoms with van der Waals surface area (Å²) in [4.78, 5) is 14.1. The van der Waals surface area contributed by atoms with E-state index in [0.717, 1.165) is 25.8 Å². The van der Waals surface area contributed by atoms with Crippen LogP contribution >= 0.6 is 0 Å². The van der Waals surface area contributed by atoms with Gasteiger partial charge in [0.1, 0.15) is 5.82 Å². The predicted octanol–water partition coefficient (Wildman–Crippen LogP) is 2.49. The smallest absolute Gasteiger partial charge is 0.164 e. The first kappa shape index (κ1) is 15.1. The third-order valence-corrected chi connectivity index (χ3v) is 4.05. The second-order valence-corrected chi connectivity index (χ2v) is 5.70. The van der Waals surface area contributed by atoms with Crippen LogP contribution in [0.5, 0.6) is 0 Å². The molecule has 0 aromatic heterocycles. The summed E-state index contributed by atoms with van der Waals surface area (Å²) in [5.41, 5.74) is 0.556. The number of aliphatic hydroxyl groups excluding tert-OH is 1. The summed E-state index contributed by atoms with van der Waals surface area (Å²) in [5.74, 6) is 0.0404. The minimum atomic E-state index is -0.325. The zero-order valence-corrected chi connectivity index (χ0v) is 11.9. The number of halogens is 1. The van der Waals surface area contributed by atoms with E-state index in [1.54, 1.807) is 0 Å². The molecule has 0 bridgehead atoms. The highest BCUT2D eigenvalue weighted by Gasteiger charge is 2.26. The quantitative estimate of drug-likeness (QED) is 0.813. The third kappa shape index (κ3) is 4.12. The number of carbonyl (C=O) groups is 1. The highest BCUT2D eigenvalue weighted by Crippen LogP contribution is 2.26. The van der Waals surface area contributed by atoms with Crippen molar-refractivity contribution in [2.45, 2.75) is 31.8 Å². The number of carbonyl (C=O) groups excluding carboxylic acids is 1. The fourth-order valence-electron chi connectivity index (χ4n) is 2.79. The number of nitrogens with zero attached hydrogens (tertiary/aromatic N) is 1. The van der Waals surface area contributed by atoms with Crippen molar-refractivity contribution in [3.63, 3.8) is 0 Å². The molecule has 0 aliphatic heterocycles. The maximum absolute atomic E-state index is 12.8. The molecule has 0 saturated heterocycles. The van der Waals surface area contributed by atoms with Crippen molar-refractivity contribution >= 4 is 5.78 Å². The Morgan fingerprint density at radius 3 is 2.65 bits per heavy atom. The van der Waals surface area contributed by atoms with Crippen LogP contribution in [0.3, 0.4) is 0 Å². The van der Waals surface area contributed by atoms with Gasteiger partial charge in [0.25, 0.3) is 0 Å². The zero-order chi connectivity index (χ0) is 14.5. The second-order valence-electron chi connectivity index (χ2n) is 5.70. The predicted molar refractivity (Wildman–Crippen MR) is 76.2 cm³/mol. The molecular formula is C16H22FNO2. The number of hydrogen-bond donors (Lipinski definition) is 1. The van der Waals surface area contributed by atoms with Crippen LogP contribution in [0, 0.1) is 11.7 Å². The van der Waals surface area contributed by atoms with Gasteiger partial charge in [-0.3, -0.25) is 4.79 Å². The molecule has 1 aromatic carbocycles. The van der Waals surface area contributed by atoms with E-state index in [1.807, 2.05) is 7.05 Å². The molecule has 0 amide bonds. The van der Waals surface area contributed by atoms with Crippen LogP contribution in [0.4, 0.5) is 4.39 Å². The monoisotopic (exact) mass is 279 g/mol. The lowest BCUT2D eigenvalue weighted by Crippen LogP contribution is -2.31. The molecule has 110 valence electrons. The Morgan fingerprint density at radius 2 is 2.05 bits per heavy atom. The van der Waals surface area contributed by atoms with Gasteiger partial charge in [-0.1, -0.05) is 6.42 Å². The molecule has 2 unspecified atom stereocenters. The second kappa shape index (κ2) is 6.95. The first-order valence-electron chi connectivity index (χ1n) is 7.21. The summed E-state index contributed by atoms with van der Waals surface area (Å²) >= 11 is 0. The van der Waals surface area contributed by atoms with Crippen LogP contribution in [0.25, 0.3) is 0 Å². The van der Waals surface area contributed by atoms with Gasteiger partial charge >= 0.3 is 0 Å². The highest BCUT2D eigenvalue weighted by atomic mass is 19.1. The molecule has 2 rings (SSSR count). The van der Waals surface area contributed by atoms with Gasteiger partial charge in [-0.25, -0.2) is 4.39 Å². The number of hydrogen-bond acceptors (Lipinski definition) is 3. The zero-order valence-electron chi connectivity index (χ0n) is 11.9. The molecule has 1 N–H and O–H groups in total. The van der Waals surface area contributed by atoms with Gasteiger partial charge in [-0.05, 0) is 50.1 Å². The number of ketones is 1. The van der Waals surface area contributed by atoms with E-state index in [1.165, 1.54) is 24.3 Å². The van der Waals surface area contributed by atoms with E-state index < -0.39 is 0 Å². The maximum atomic E-state index is 12.8. The Balaban J connectivity index is 1.76. The third-order valence-electron chi connectivity index (χ3n) is 4.05. The molecule has 1 aromatic rings. The van der Waals surface area contributed by atoms with Crippen LogP contribution in [0.1, 0.15) is 36.0 Å². The van der Waals surface area contributed by atoms with E-state index in [0.29, 0.717) is 24.4 Å². The standard InChI is InChI=1S/C16H22FNO2/c1-18(11-13-3-2-4-15(13)19)10-9-16(20)12-5-7-14(17)8-6-12/h5-8,13,15,19H,2-4,9-11H2,1H3. The molecule has 20 heavy (non-hydrogen) atoms. The molecule has 1 saturated carbocycles. The lowest BCUT2D eigenvalue weighted by molar-refractivity contribution is 0.0936. The van der Waals surface area contributed by atoms with Crippen molar-refractivity contribution in [3.8, 4) is 0 Å². The first-order valence-corrected chi connectivity index (χ1v) is 7.21. The van der Waals surface area contributed by atoms with E-state index in [9.17, 15) is 14.3 Å². The maximum Gasteiger partial charge on any atom is 0.164 e. The normalized spacial score (nSPS) is 22.4. The number of rotatable bonds is 6. The van der Waals surface area contributed by atoms with E-state index in [2.05, 4.69) is 4.90 Å². The largest absolute Gasteiger partial charge is 0.393 e. The fraction of sp³-hybridized carbons (Fsp3) is 0.562. The van der Waals surface area contributed by atoms with Crippen molar-refractivity contribution in [2.24, 2.45) is 5.92 Å². The molecule has 1 aliphatic carbocycles. The van der Waals surface area contributed by atoms with Crippen molar-refractivity contribution in [2.75, 3.05) is 20.1 Å². The Morgan fingerprint density at radius 1 is 1.35 bits per heavy atom. The van der Waals surface area contributed by atoms with Crippen LogP contribution in [-0.2, 0) is 0 Å². The van der Waals surface area contributed by atoms with Gasteiger partial charge in [0.05, 0.1) is 6.10 Å². The molecule has 4 heteroatoms. The van der Waals surface area contributed by atoms with Crippen molar-refractivity contribution < 1.29 is 14.3 Å². The molecule has 1 aliphatic rings. The number of aliphatic hydroxyl groups is 1. The Hall–Kier alpha value is -1.26. The van der Waals surface area contributed by atoms with Crippen LogP contribution in [-0.4, -0.2) is 42.0 Å². The van der Waals surface area contributed by atoms with Crippen molar-refractivity contribution in [1.82, 2.24) is 4.90 Å². The van der Waals surface area contributed by atoms with Gasteiger partial charge < -0.3 is 10.0 Å². The van der Waals surface area contributed by atoms with Crippen molar-refractivity contribution in [1.29, 1.82) is 0 Å². The fourth-order valence-corrected chi connectivity index (χ4v) is 2.79. The Bertz CT molecular complexity index is 446. The highest BCUT2D eigenvalue weighted by molar-refractivity contribution is 5.96. The van der Waals surface area contributed by atoms with E-state index in [4.69, 9.17) is 0 Å². The molecule has 0 radical (unpaired) electrons. The van der Waals surface area contributed by atoms with Gasteiger partial charge in [0.15, 0.2) is 5.78 Å². The lowest BCUT2D eigenvalue weighted by atomic mass is 10.0. The SMILES string of the molecule is CN(CCC(=O)c1ccc(F)cc1)CC1CCCC1O. The summed E-state index contributed by atoms with van der Waals surface area (Å²) in [5, 5.41) is 9.79. The summed E-state index contributed by atoms with van der Waals surface area (Å²) in [6.07, 6.45) is 3.29. The lowest BCUT2D eigenvalue weighted by Gasteiger charge is -2.22. The Labute approximate surface area is 119 Å². The minimum absolute atomic E-state index is 0.0313. The molecule has 1 fully saturated rings. The average molecular weight is 279 g/mol. The minimum Gasteiger partial charge on any atom is -0.393 e. The van der Waals surface area contributed by atoms with Crippen LogP contribution < -0.4 is 0 Å². The summed E-state index contributed by atoms with van der Waals surface area (Å²) in [6, 6.07) is 5.68. The topological polar surface area (TPSA) is 40.5 Å². The first-order chi connectivity index (χ1) is 9.56. The van der Waals surface area contributed by atoms with E-state index >= 15 is 0 Å². The van der Waals surface area contributed by atoms with Crippen molar-refractivity contribution in [3.05, 3.63) is 35.6 Å². The molecular weight excluding hydrogens is 257 g/mol. The summed E-state index contributed by atoms with van der Waals surface area (Å²) in [7, 11) is 1.98. The van der Waals surface area contributed by atoms with Gasteiger partial charge in [-0.2, -0.15) is 0 Å². The van der Waals surface area contributed by atoms with Gasteiger partial charge in [0, 0.05) is 25.1 Å². The average Bonchev–Trinajstić information content (AvgIpc) is 2.82. The van der Waals surface area contributed by atoms with Gasteiger partial charge in [-0.15, -0.1) is 0 Å². The molecule has 0 spiro atoms. The molecule has 0 heterocycles. The molecule has 3 nitrogen and oxygen atoms in total. The van der Waals surface area contributed by atoms with Gasteiger partial charge in [0.2, 0.25) is 0 Å². The van der Waals surface area contributed by atoms with Crippen LogP contribution in [0.15, 0.2) is 24.3 Å². The van der Waals surface area contributed by atoms with Crippen LogP contribution in [0.2, 0.25) is 0 Å². The Kier molecular flexibility index (Phi) is 5.26.